The molecular weight excluding hydrogens is 416 g/mol. The highest BCUT2D eigenvalue weighted by atomic mass is 16.2. The van der Waals surface area contributed by atoms with Gasteiger partial charge in [-0.2, -0.15) is 0 Å². The van der Waals surface area contributed by atoms with Gasteiger partial charge in [0.15, 0.2) is 0 Å². The first-order chi connectivity index (χ1) is 16.1. The van der Waals surface area contributed by atoms with Gasteiger partial charge in [0, 0.05) is 48.1 Å². The normalized spacial score (nSPS) is 13.6. The van der Waals surface area contributed by atoms with Crippen LogP contribution in [0.1, 0.15) is 28.2 Å². The molecule has 0 aliphatic carbocycles. The number of aromatic nitrogens is 4. The van der Waals surface area contributed by atoms with Gasteiger partial charge in [-0.25, -0.2) is 9.97 Å². The fourth-order valence-corrected chi connectivity index (χ4v) is 3.88. The van der Waals surface area contributed by atoms with E-state index >= 15 is 0 Å². The Morgan fingerprint density at radius 3 is 2.85 bits per heavy atom. The molecule has 9 heteroatoms. The third-order valence-electron chi connectivity index (χ3n) is 5.66. The summed E-state index contributed by atoms with van der Waals surface area (Å²) in [6.45, 7) is 1.14. The fourth-order valence-electron chi connectivity index (χ4n) is 3.88. The number of hydrogen-bond donors (Lipinski definition) is 4. The third kappa shape index (κ3) is 4.03. The van der Waals surface area contributed by atoms with E-state index in [0.717, 1.165) is 34.4 Å². The molecule has 5 rings (SSSR count). The number of rotatable bonds is 5. The van der Waals surface area contributed by atoms with Gasteiger partial charge in [0.05, 0.1) is 5.39 Å². The first-order valence-electron chi connectivity index (χ1n) is 10.5. The Bertz CT molecular complexity index is 1380. The van der Waals surface area contributed by atoms with Crippen LogP contribution >= 0.6 is 0 Å². The molecule has 164 valence electrons. The van der Waals surface area contributed by atoms with Crippen LogP contribution in [0.4, 0.5) is 17.2 Å². The van der Waals surface area contributed by atoms with Crippen molar-refractivity contribution < 1.29 is 4.79 Å². The molecule has 1 aliphatic heterocycles. The van der Waals surface area contributed by atoms with E-state index in [1.807, 2.05) is 18.2 Å². The maximum Gasteiger partial charge on any atom is 0.272 e. The van der Waals surface area contributed by atoms with Crippen LogP contribution in [-0.4, -0.2) is 50.0 Å². The number of benzene rings is 1. The quantitative estimate of drug-likeness (QED) is 0.278. The Labute approximate surface area is 189 Å². The molecule has 4 heterocycles. The molecule has 1 aromatic carbocycles. The van der Waals surface area contributed by atoms with Gasteiger partial charge in [-0.05, 0) is 48.4 Å². The van der Waals surface area contributed by atoms with Crippen LogP contribution in [-0.2, 0) is 0 Å². The predicted molar refractivity (Wildman–Crippen MR) is 129 cm³/mol. The number of pyridine rings is 1. The molecule has 0 radical (unpaired) electrons. The summed E-state index contributed by atoms with van der Waals surface area (Å²) in [5.74, 6) is 0.597. The molecule has 0 unspecified atom stereocenters. The minimum atomic E-state index is -0.0623. The molecule has 4 aromatic rings. The van der Waals surface area contributed by atoms with E-state index in [-0.39, 0.29) is 5.91 Å². The summed E-state index contributed by atoms with van der Waals surface area (Å²) in [5, 5.41) is 11.7. The predicted octanol–water partition coefficient (Wildman–Crippen LogP) is 3.61. The van der Waals surface area contributed by atoms with Gasteiger partial charge in [0.2, 0.25) is 0 Å². The van der Waals surface area contributed by atoms with Crippen molar-refractivity contribution in [3.05, 3.63) is 78.0 Å². The zero-order chi connectivity index (χ0) is 22.8. The number of aromatic amines is 1. The van der Waals surface area contributed by atoms with Crippen LogP contribution in [0, 0.1) is 5.41 Å². The topological polar surface area (TPSA) is 137 Å². The average Bonchev–Trinajstić information content (AvgIpc) is 3.31. The molecule has 0 fully saturated rings. The number of nitrogens with zero attached hydrogens (tertiary/aromatic N) is 4. The Morgan fingerprint density at radius 2 is 2.09 bits per heavy atom. The molecule has 33 heavy (non-hydrogen) atoms. The lowest BCUT2D eigenvalue weighted by Gasteiger charge is -2.25. The molecule has 0 spiro atoms. The molecule has 5 N–H and O–H groups in total. The molecule has 0 saturated carbocycles. The number of amides is 1. The van der Waals surface area contributed by atoms with Crippen molar-refractivity contribution in [3.63, 3.8) is 0 Å². The highest BCUT2D eigenvalue weighted by molar-refractivity contribution is 5.94. The smallest absolute Gasteiger partial charge is 0.272 e. The highest BCUT2D eigenvalue weighted by Crippen LogP contribution is 2.29. The fraction of sp³-hybridized carbons (Fsp3) is 0.125. The Kier molecular flexibility index (Phi) is 5.27. The molecule has 1 amide bonds. The summed E-state index contributed by atoms with van der Waals surface area (Å²) in [6.07, 6.45) is 7.14. The molecule has 9 nitrogen and oxygen atoms in total. The maximum atomic E-state index is 12.6. The number of hydrogen-bond acceptors (Lipinski definition) is 7. The van der Waals surface area contributed by atoms with Crippen LogP contribution < -0.4 is 11.1 Å². The van der Waals surface area contributed by atoms with Gasteiger partial charge in [0.25, 0.3) is 5.91 Å². The number of anilines is 3. The number of carbonyl (C=O) groups is 1. The summed E-state index contributed by atoms with van der Waals surface area (Å²) in [4.78, 5) is 30.7. The summed E-state index contributed by atoms with van der Waals surface area (Å²) >= 11 is 0. The van der Waals surface area contributed by atoms with Crippen LogP contribution in [0.15, 0.2) is 61.1 Å². The van der Waals surface area contributed by atoms with Crippen LogP contribution in [0.25, 0.3) is 16.6 Å². The number of carbonyl (C=O) groups excluding carboxylic acids is 1. The van der Waals surface area contributed by atoms with Crippen molar-refractivity contribution in [3.8, 4) is 0 Å². The van der Waals surface area contributed by atoms with E-state index < -0.39 is 0 Å². The first-order valence-corrected chi connectivity index (χ1v) is 10.5. The lowest BCUT2D eigenvalue weighted by atomic mass is 10.0. The lowest BCUT2D eigenvalue weighted by Crippen LogP contribution is -2.35. The number of nitrogen functional groups attached to an aromatic ring is 1. The van der Waals surface area contributed by atoms with Crippen molar-refractivity contribution in [1.82, 2.24) is 24.8 Å². The molecule has 1 aliphatic rings. The lowest BCUT2D eigenvalue weighted by molar-refractivity contribution is 0.0767. The molecule has 0 saturated heterocycles. The minimum absolute atomic E-state index is 0.0623. The molecule has 3 aromatic heterocycles. The highest BCUT2D eigenvalue weighted by Gasteiger charge is 2.21. The Morgan fingerprint density at radius 1 is 1.18 bits per heavy atom. The summed E-state index contributed by atoms with van der Waals surface area (Å²) < 4.78 is 0. The summed E-state index contributed by atoms with van der Waals surface area (Å²) in [5.41, 5.74) is 11.1. The van der Waals surface area contributed by atoms with E-state index in [1.165, 1.54) is 12.5 Å². The monoisotopic (exact) mass is 438 g/mol. The largest absolute Gasteiger partial charge is 0.398 e. The van der Waals surface area contributed by atoms with Crippen molar-refractivity contribution in [2.24, 2.45) is 0 Å². The van der Waals surface area contributed by atoms with Gasteiger partial charge in [0.1, 0.15) is 23.5 Å². The van der Waals surface area contributed by atoms with Gasteiger partial charge in [-0.1, -0.05) is 12.1 Å². The van der Waals surface area contributed by atoms with E-state index in [9.17, 15) is 4.79 Å². The molecule has 0 atom stereocenters. The van der Waals surface area contributed by atoms with Crippen molar-refractivity contribution in [1.29, 1.82) is 5.41 Å². The zero-order valence-corrected chi connectivity index (χ0v) is 17.7. The average molecular weight is 438 g/mol. The second-order valence-corrected chi connectivity index (χ2v) is 7.73. The summed E-state index contributed by atoms with van der Waals surface area (Å²) in [7, 11) is 0. The Hall–Kier alpha value is -4.53. The standard InChI is InChI=1S/C24H22N8O/c25-13-16-11-17(4-5-19(16)26)30-22-18-12-21(31-23(18)29-14-28-22)15-6-9-32(10-7-15)24(33)20-3-1-2-8-27-20/h1-6,8,11-14,25H,7,9-10,26H2,(H2,28,29,30,31). The van der Waals surface area contributed by atoms with Gasteiger partial charge < -0.3 is 26.3 Å². The molecule has 0 bridgehead atoms. The van der Waals surface area contributed by atoms with E-state index in [0.29, 0.717) is 35.9 Å². The second kappa shape index (κ2) is 8.54. The van der Waals surface area contributed by atoms with E-state index in [2.05, 4.69) is 31.3 Å². The van der Waals surface area contributed by atoms with Crippen molar-refractivity contribution in [2.45, 2.75) is 6.42 Å². The van der Waals surface area contributed by atoms with Crippen LogP contribution in [0.2, 0.25) is 0 Å². The minimum Gasteiger partial charge on any atom is -0.398 e. The van der Waals surface area contributed by atoms with Crippen molar-refractivity contribution in [2.75, 3.05) is 24.1 Å². The SMILES string of the molecule is N=Cc1cc(Nc2ncnc3[nH]c(C4=CCN(C(=O)c5ccccn5)CC4)cc23)ccc1N. The molecular formula is C24H22N8O. The van der Waals surface area contributed by atoms with Crippen LogP contribution in [0.5, 0.6) is 0 Å². The number of nitrogens with one attached hydrogen (secondary N) is 3. The first kappa shape index (κ1) is 20.4. The van der Waals surface area contributed by atoms with Crippen molar-refractivity contribution >= 4 is 45.9 Å². The third-order valence-corrected chi connectivity index (χ3v) is 5.66. The number of fused-ring (bicyclic) bond motifs is 1. The maximum absolute atomic E-state index is 12.6. The zero-order valence-electron chi connectivity index (χ0n) is 17.7. The summed E-state index contributed by atoms with van der Waals surface area (Å²) in [6, 6.07) is 12.8. The van der Waals surface area contributed by atoms with Gasteiger partial charge in [-0.3, -0.25) is 9.78 Å². The van der Waals surface area contributed by atoms with E-state index in [4.69, 9.17) is 11.1 Å². The van der Waals surface area contributed by atoms with E-state index in [1.54, 1.807) is 35.4 Å². The van der Waals surface area contributed by atoms with Gasteiger partial charge in [-0.15, -0.1) is 0 Å². The second-order valence-electron chi connectivity index (χ2n) is 7.73. The Balaban J connectivity index is 1.38. The van der Waals surface area contributed by atoms with Crippen LogP contribution in [0.3, 0.4) is 0 Å². The van der Waals surface area contributed by atoms with Gasteiger partial charge >= 0.3 is 0 Å². The number of H-pyrrole nitrogens is 1. The number of nitrogens with two attached hydrogens (primary N) is 1.